The van der Waals surface area contributed by atoms with Crippen molar-refractivity contribution >= 4 is 21.7 Å². The third-order valence-corrected chi connectivity index (χ3v) is 5.02. The summed E-state index contributed by atoms with van der Waals surface area (Å²) >= 11 is 3.52. The molecule has 0 radical (unpaired) electrons. The Kier molecular flexibility index (Phi) is 3.57. The van der Waals surface area contributed by atoms with E-state index in [-0.39, 0.29) is 0 Å². The Morgan fingerprint density at radius 2 is 2.17 bits per heavy atom. The maximum absolute atomic E-state index is 4.56. The maximum atomic E-state index is 4.56. The summed E-state index contributed by atoms with van der Waals surface area (Å²) in [7, 11) is 0. The van der Waals surface area contributed by atoms with E-state index in [0.29, 0.717) is 0 Å². The number of aryl methyl sites for hydroxylation is 1. The zero-order valence-corrected chi connectivity index (χ0v) is 12.5. The average Bonchev–Trinajstić information content (AvgIpc) is 2.41. The van der Waals surface area contributed by atoms with Crippen LogP contribution in [-0.4, -0.2) is 42.1 Å². The second kappa shape index (κ2) is 5.17. The predicted octanol–water partition coefficient (Wildman–Crippen LogP) is 2.83. The Bertz CT molecular complexity index is 435. The van der Waals surface area contributed by atoms with Crippen molar-refractivity contribution in [2.24, 2.45) is 0 Å². The summed E-state index contributed by atoms with van der Waals surface area (Å²) in [6.07, 6.45) is 6.05. The van der Waals surface area contributed by atoms with Crippen molar-refractivity contribution in [1.29, 1.82) is 0 Å². The van der Waals surface area contributed by atoms with E-state index in [1.807, 2.05) is 6.20 Å². The molecule has 98 valence electrons. The number of fused-ring (bicyclic) bond motifs is 1. The molecular formula is C14H20BrN3. The number of piperazine rings is 1. The van der Waals surface area contributed by atoms with E-state index in [4.69, 9.17) is 0 Å². The predicted molar refractivity (Wildman–Crippen MR) is 78.1 cm³/mol. The molecule has 2 aliphatic heterocycles. The third kappa shape index (κ3) is 2.41. The Morgan fingerprint density at radius 3 is 3.00 bits per heavy atom. The van der Waals surface area contributed by atoms with Gasteiger partial charge in [-0.15, -0.1) is 0 Å². The van der Waals surface area contributed by atoms with Gasteiger partial charge in [0.2, 0.25) is 0 Å². The van der Waals surface area contributed by atoms with Crippen molar-refractivity contribution in [3.8, 4) is 0 Å². The Morgan fingerprint density at radius 1 is 1.28 bits per heavy atom. The zero-order chi connectivity index (χ0) is 12.5. The van der Waals surface area contributed by atoms with Gasteiger partial charge in [-0.1, -0.05) is 6.42 Å². The van der Waals surface area contributed by atoms with Crippen LogP contribution in [0.5, 0.6) is 0 Å². The highest BCUT2D eigenvalue weighted by Gasteiger charge is 2.29. The largest absolute Gasteiger partial charge is 0.354 e. The molecule has 0 saturated carbocycles. The van der Waals surface area contributed by atoms with Gasteiger partial charge in [0.05, 0.1) is 0 Å². The van der Waals surface area contributed by atoms with Gasteiger partial charge in [-0.25, -0.2) is 4.98 Å². The lowest BCUT2D eigenvalue weighted by Crippen LogP contribution is -2.55. The summed E-state index contributed by atoms with van der Waals surface area (Å²) < 4.78 is 1.10. The van der Waals surface area contributed by atoms with E-state index in [9.17, 15) is 0 Å². The summed E-state index contributed by atoms with van der Waals surface area (Å²) in [6, 6.07) is 2.95. The molecule has 2 aliphatic rings. The number of anilines is 1. The number of hydrogen-bond donors (Lipinski definition) is 0. The molecule has 3 nitrogen and oxygen atoms in total. The van der Waals surface area contributed by atoms with Gasteiger partial charge in [0, 0.05) is 36.3 Å². The topological polar surface area (TPSA) is 19.4 Å². The molecule has 1 aromatic rings. The van der Waals surface area contributed by atoms with Crippen LogP contribution in [0.1, 0.15) is 24.8 Å². The molecule has 0 spiro atoms. The normalized spacial score (nSPS) is 25.0. The van der Waals surface area contributed by atoms with E-state index >= 15 is 0 Å². The van der Waals surface area contributed by atoms with Crippen molar-refractivity contribution in [3.63, 3.8) is 0 Å². The van der Waals surface area contributed by atoms with Gasteiger partial charge in [0.25, 0.3) is 0 Å². The van der Waals surface area contributed by atoms with Crippen LogP contribution in [-0.2, 0) is 0 Å². The molecule has 3 rings (SSSR count). The number of piperidine rings is 1. The molecule has 2 fully saturated rings. The van der Waals surface area contributed by atoms with E-state index in [0.717, 1.165) is 29.4 Å². The van der Waals surface area contributed by atoms with Crippen LogP contribution in [0, 0.1) is 6.92 Å². The zero-order valence-electron chi connectivity index (χ0n) is 10.9. The number of rotatable bonds is 1. The standard InChI is InChI=1S/C14H20BrN3/c1-11-8-14(16-9-13(11)15)18-7-6-17-5-3-2-4-12(17)10-18/h8-9,12H,2-7,10H2,1H3. The lowest BCUT2D eigenvalue weighted by atomic mass is 9.99. The molecule has 1 atom stereocenters. The summed E-state index contributed by atoms with van der Waals surface area (Å²) in [6.45, 7) is 6.89. The van der Waals surface area contributed by atoms with Crippen molar-refractivity contribution < 1.29 is 0 Å². The van der Waals surface area contributed by atoms with Crippen molar-refractivity contribution in [3.05, 3.63) is 22.3 Å². The number of pyridine rings is 1. The minimum absolute atomic E-state index is 0.748. The molecule has 0 bridgehead atoms. The second-order valence-corrected chi connectivity index (χ2v) is 6.28. The average molecular weight is 310 g/mol. The van der Waals surface area contributed by atoms with Crippen molar-refractivity contribution in [1.82, 2.24) is 9.88 Å². The first-order valence-electron chi connectivity index (χ1n) is 6.85. The summed E-state index contributed by atoms with van der Waals surface area (Å²) in [5, 5.41) is 0. The van der Waals surface area contributed by atoms with Gasteiger partial charge in [-0.05, 0) is 53.9 Å². The van der Waals surface area contributed by atoms with Gasteiger partial charge >= 0.3 is 0 Å². The van der Waals surface area contributed by atoms with Crippen LogP contribution >= 0.6 is 15.9 Å². The first-order valence-corrected chi connectivity index (χ1v) is 7.64. The van der Waals surface area contributed by atoms with E-state index in [1.165, 1.54) is 37.9 Å². The fourth-order valence-corrected chi connectivity index (χ4v) is 3.28. The molecule has 0 aliphatic carbocycles. The molecule has 0 aromatic carbocycles. The molecule has 18 heavy (non-hydrogen) atoms. The SMILES string of the molecule is Cc1cc(N2CCN3CCCCC3C2)ncc1Br. The smallest absolute Gasteiger partial charge is 0.128 e. The second-order valence-electron chi connectivity index (χ2n) is 5.42. The first-order chi connectivity index (χ1) is 8.74. The van der Waals surface area contributed by atoms with Crippen LogP contribution in [0.3, 0.4) is 0 Å². The van der Waals surface area contributed by atoms with Gasteiger partial charge in [0.15, 0.2) is 0 Å². The Labute approximate surface area is 117 Å². The molecule has 4 heteroatoms. The van der Waals surface area contributed by atoms with Gasteiger partial charge in [-0.3, -0.25) is 4.90 Å². The van der Waals surface area contributed by atoms with Gasteiger partial charge in [0.1, 0.15) is 5.82 Å². The highest BCUT2D eigenvalue weighted by atomic mass is 79.9. The van der Waals surface area contributed by atoms with Crippen LogP contribution < -0.4 is 4.90 Å². The maximum Gasteiger partial charge on any atom is 0.128 e. The Balaban J connectivity index is 1.75. The third-order valence-electron chi connectivity index (χ3n) is 4.19. The summed E-state index contributed by atoms with van der Waals surface area (Å²) in [5.74, 6) is 1.14. The quantitative estimate of drug-likeness (QED) is 0.795. The summed E-state index contributed by atoms with van der Waals surface area (Å²) in [5.41, 5.74) is 1.27. The lowest BCUT2D eigenvalue weighted by Gasteiger charge is -2.44. The van der Waals surface area contributed by atoms with Crippen LogP contribution in [0.4, 0.5) is 5.82 Å². The van der Waals surface area contributed by atoms with Crippen molar-refractivity contribution in [2.45, 2.75) is 32.2 Å². The number of nitrogens with zero attached hydrogens (tertiary/aromatic N) is 3. The van der Waals surface area contributed by atoms with Crippen molar-refractivity contribution in [2.75, 3.05) is 31.1 Å². The molecule has 0 N–H and O–H groups in total. The highest BCUT2D eigenvalue weighted by molar-refractivity contribution is 9.10. The van der Waals surface area contributed by atoms with E-state index in [1.54, 1.807) is 0 Å². The lowest BCUT2D eigenvalue weighted by molar-refractivity contribution is 0.133. The molecular weight excluding hydrogens is 290 g/mol. The summed E-state index contributed by atoms with van der Waals surface area (Å²) in [4.78, 5) is 9.67. The first kappa shape index (κ1) is 12.4. The molecule has 2 saturated heterocycles. The minimum atomic E-state index is 0.748. The van der Waals surface area contributed by atoms with Crippen LogP contribution in [0.15, 0.2) is 16.7 Å². The van der Waals surface area contributed by atoms with Gasteiger partial charge < -0.3 is 4.90 Å². The van der Waals surface area contributed by atoms with Gasteiger partial charge in [-0.2, -0.15) is 0 Å². The molecule has 1 aromatic heterocycles. The number of hydrogen-bond acceptors (Lipinski definition) is 3. The highest BCUT2D eigenvalue weighted by Crippen LogP contribution is 2.25. The van der Waals surface area contributed by atoms with Crippen LogP contribution in [0.25, 0.3) is 0 Å². The van der Waals surface area contributed by atoms with Crippen LogP contribution in [0.2, 0.25) is 0 Å². The molecule has 3 heterocycles. The van der Waals surface area contributed by atoms with E-state index < -0.39 is 0 Å². The molecule has 1 unspecified atom stereocenters. The molecule has 0 amide bonds. The number of halogens is 1. The Hall–Kier alpha value is -0.610. The fraction of sp³-hybridized carbons (Fsp3) is 0.643. The fourth-order valence-electron chi connectivity index (χ4n) is 3.06. The van der Waals surface area contributed by atoms with E-state index in [2.05, 4.69) is 43.7 Å². The monoisotopic (exact) mass is 309 g/mol. The number of aromatic nitrogens is 1. The minimum Gasteiger partial charge on any atom is -0.354 e.